The quantitative estimate of drug-likeness (QED) is 0.378. The van der Waals surface area contributed by atoms with E-state index >= 15 is 0 Å². The van der Waals surface area contributed by atoms with Crippen LogP contribution in [0.25, 0.3) is 0 Å². The maximum absolute atomic E-state index is 11.1. The molecule has 0 heterocycles. The summed E-state index contributed by atoms with van der Waals surface area (Å²) >= 11 is 0. The molecule has 0 aromatic carbocycles. The van der Waals surface area contributed by atoms with Crippen LogP contribution in [-0.4, -0.2) is 25.2 Å². The van der Waals surface area contributed by atoms with Crippen LogP contribution in [0.2, 0.25) is 0 Å². The fraction of sp³-hybridized carbons (Fsp3) is 0.429. The standard InChI is InChI=1S/C14H20O4/c1-3-5-7-11-17-13(15)9-10-14(16)18-12-8-6-4-2/h5-10H,3-4,11-12H2,1-2H3/b7-5?,8-6?,10-9-. The van der Waals surface area contributed by atoms with Crippen molar-refractivity contribution in [2.24, 2.45) is 0 Å². The van der Waals surface area contributed by atoms with Crippen LogP contribution < -0.4 is 0 Å². The van der Waals surface area contributed by atoms with Crippen LogP contribution in [0.4, 0.5) is 0 Å². The van der Waals surface area contributed by atoms with Gasteiger partial charge in [0.05, 0.1) is 0 Å². The zero-order valence-electron chi connectivity index (χ0n) is 10.9. The molecule has 0 bridgehead atoms. The highest BCUT2D eigenvalue weighted by Crippen LogP contribution is 1.88. The highest BCUT2D eigenvalue weighted by atomic mass is 16.5. The van der Waals surface area contributed by atoms with Crippen molar-refractivity contribution in [1.29, 1.82) is 0 Å². The monoisotopic (exact) mass is 252 g/mol. The number of esters is 2. The van der Waals surface area contributed by atoms with Gasteiger partial charge in [0.15, 0.2) is 0 Å². The topological polar surface area (TPSA) is 52.6 Å². The first-order valence-electron chi connectivity index (χ1n) is 6.02. The molecule has 0 saturated heterocycles. The molecular formula is C14H20O4. The number of carbonyl (C=O) groups is 2. The molecule has 0 aliphatic heterocycles. The highest BCUT2D eigenvalue weighted by molar-refractivity contribution is 5.91. The molecule has 0 spiro atoms. The molecule has 18 heavy (non-hydrogen) atoms. The molecule has 0 atom stereocenters. The lowest BCUT2D eigenvalue weighted by Gasteiger charge is -1.97. The van der Waals surface area contributed by atoms with Crippen LogP contribution in [0.3, 0.4) is 0 Å². The molecule has 0 fully saturated rings. The predicted molar refractivity (Wildman–Crippen MR) is 69.9 cm³/mol. The molecule has 0 radical (unpaired) electrons. The van der Waals surface area contributed by atoms with Gasteiger partial charge >= 0.3 is 11.9 Å². The Kier molecular flexibility index (Phi) is 10.4. The number of rotatable bonds is 8. The second-order valence-electron chi connectivity index (χ2n) is 3.35. The average molecular weight is 252 g/mol. The van der Waals surface area contributed by atoms with Crippen molar-refractivity contribution in [2.75, 3.05) is 13.2 Å². The molecule has 0 N–H and O–H groups in total. The Bertz CT molecular complexity index is 295. The van der Waals surface area contributed by atoms with E-state index in [1.54, 1.807) is 12.2 Å². The van der Waals surface area contributed by atoms with Crippen LogP contribution in [-0.2, 0) is 19.1 Å². The molecule has 4 heteroatoms. The maximum Gasteiger partial charge on any atom is 0.331 e. The van der Waals surface area contributed by atoms with E-state index in [9.17, 15) is 9.59 Å². The number of carbonyl (C=O) groups excluding carboxylic acids is 2. The van der Waals surface area contributed by atoms with E-state index < -0.39 is 11.9 Å². The van der Waals surface area contributed by atoms with Crippen LogP contribution in [0.5, 0.6) is 0 Å². The summed E-state index contributed by atoms with van der Waals surface area (Å²) in [5.74, 6) is -1.12. The molecule has 0 aliphatic rings. The number of hydrogen-bond donors (Lipinski definition) is 0. The van der Waals surface area contributed by atoms with Crippen molar-refractivity contribution in [1.82, 2.24) is 0 Å². The Morgan fingerprint density at radius 1 is 0.778 bits per heavy atom. The Hall–Kier alpha value is -1.84. The number of allylic oxidation sites excluding steroid dienone is 2. The third-order valence-corrected chi connectivity index (χ3v) is 1.80. The fourth-order valence-corrected chi connectivity index (χ4v) is 0.962. The zero-order valence-corrected chi connectivity index (χ0v) is 10.9. The summed E-state index contributed by atoms with van der Waals surface area (Å²) in [6, 6.07) is 0. The predicted octanol–water partition coefficient (Wildman–Crippen LogP) is 2.56. The summed E-state index contributed by atoms with van der Waals surface area (Å²) in [7, 11) is 0. The Balaban J connectivity index is 3.77. The van der Waals surface area contributed by atoms with Gasteiger partial charge in [-0.15, -0.1) is 0 Å². The lowest BCUT2D eigenvalue weighted by molar-refractivity contribution is -0.139. The normalized spacial score (nSPS) is 11.4. The van der Waals surface area contributed by atoms with Gasteiger partial charge in [-0.1, -0.05) is 38.2 Å². The van der Waals surface area contributed by atoms with Gasteiger partial charge < -0.3 is 9.47 Å². The summed E-state index contributed by atoms with van der Waals surface area (Å²) in [6.45, 7) is 4.40. The number of hydrogen-bond acceptors (Lipinski definition) is 4. The SMILES string of the molecule is CCC=CCOC(=O)/C=C\C(=O)OCC=CCC. The van der Waals surface area contributed by atoms with E-state index in [-0.39, 0.29) is 13.2 Å². The van der Waals surface area contributed by atoms with Crippen molar-refractivity contribution in [3.8, 4) is 0 Å². The van der Waals surface area contributed by atoms with Crippen molar-refractivity contribution in [2.45, 2.75) is 26.7 Å². The van der Waals surface area contributed by atoms with E-state index in [4.69, 9.17) is 9.47 Å². The molecule has 0 saturated carbocycles. The van der Waals surface area contributed by atoms with Gasteiger partial charge in [-0.2, -0.15) is 0 Å². The zero-order chi connectivity index (χ0) is 13.6. The Morgan fingerprint density at radius 2 is 1.17 bits per heavy atom. The van der Waals surface area contributed by atoms with Gasteiger partial charge in [0.25, 0.3) is 0 Å². The van der Waals surface area contributed by atoms with Crippen molar-refractivity contribution in [3.63, 3.8) is 0 Å². The van der Waals surface area contributed by atoms with Gasteiger partial charge in [0, 0.05) is 12.2 Å². The average Bonchev–Trinajstić information content (AvgIpc) is 2.37. The van der Waals surface area contributed by atoms with Crippen LogP contribution in [0.15, 0.2) is 36.5 Å². The van der Waals surface area contributed by atoms with E-state index in [0.29, 0.717) is 0 Å². The largest absolute Gasteiger partial charge is 0.458 e. The van der Waals surface area contributed by atoms with Gasteiger partial charge in [-0.25, -0.2) is 9.59 Å². The molecule has 0 amide bonds. The van der Waals surface area contributed by atoms with Crippen molar-refractivity contribution >= 4 is 11.9 Å². The van der Waals surface area contributed by atoms with Crippen LogP contribution in [0.1, 0.15) is 26.7 Å². The van der Waals surface area contributed by atoms with E-state index in [0.717, 1.165) is 25.0 Å². The van der Waals surface area contributed by atoms with Crippen LogP contribution >= 0.6 is 0 Å². The molecule has 100 valence electrons. The van der Waals surface area contributed by atoms with Crippen molar-refractivity contribution in [3.05, 3.63) is 36.5 Å². The Labute approximate surface area is 108 Å². The first kappa shape index (κ1) is 16.2. The summed E-state index contributed by atoms with van der Waals surface area (Å²) in [5, 5.41) is 0. The molecular weight excluding hydrogens is 232 g/mol. The fourth-order valence-electron chi connectivity index (χ4n) is 0.962. The van der Waals surface area contributed by atoms with Gasteiger partial charge in [-0.05, 0) is 12.8 Å². The maximum atomic E-state index is 11.1. The molecule has 0 aliphatic carbocycles. The smallest absolute Gasteiger partial charge is 0.331 e. The second-order valence-corrected chi connectivity index (χ2v) is 3.35. The number of ether oxygens (including phenoxy) is 2. The molecule has 0 unspecified atom stereocenters. The summed E-state index contributed by atoms with van der Waals surface area (Å²) in [4.78, 5) is 22.2. The minimum atomic E-state index is -0.559. The van der Waals surface area contributed by atoms with Crippen LogP contribution in [0, 0.1) is 0 Å². The molecule has 0 rings (SSSR count). The van der Waals surface area contributed by atoms with Gasteiger partial charge in [-0.3, -0.25) is 0 Å². The van der Waals surface area contributed by atoms with E-state index in [1.807, 2.05) is 26.0 Å². The molecule has 0 aromatic heterocycles. The third-order valence-electron chi connectivity index (χ3n) is 1.80. The summed E-state index contributed by atoms with van der Waals surface area (Å²) in [5.41, 5.74) is 0. The highest BCUT2D eigenvalue weighted by Gasteiger charge is 1.98. The lowest BCUT2D eigenvalue weighted by atomic mass is 10.4. The minimum Gasteiger partial charge on any atom is -0.458 e. The summed E-state index contributed by atoms with van der Waals surface area (Å²) in [6.07, 6.45) is 11.2. The second kappa shape index (κ2) is 11.6. The van der Waals surface area contributed by atoms with Gasteiger partial charge in [0.1, 0.15) is 13.2 Å². The van der Waals surface area contributed by atoms with E-state index in [2.05, 4.69) is 0 Å². The minimum absolute atomic E-state index is 0.214. The summed E-state index contributed by atoms with van der Waals surface area (Å²) < 4.78 is 9.61. The van der Waals surface area contributed by atoms with E-state index in [1.165, 1.54) is 0 Å². The van der Waals surface area contributed by atoms with Crippen molar-refractivity contribution < 1.29 is 19.1 Å². The molecule has 0 aromatic rings. The first-order valence-corrected chi connectivity index (χ1v) is 6.02. The third kappa shape index (κ3) is 10.7. The Morgan fingerprint density at radius 3 is 1.50 bits per heavy atom. The van der Waals surface area contributed by atoms with Gasteiger partial charge in [0.2, 0.25) is 0 Å². The first-order chi connectivity index (χ1) is 8.70. The lowest BCUT2D eigenvalue weighted by Crippen LogP contribution is -2.04. The molecule has 4 nitrogen and oxygen atoms in total.